The summed E-state index contributed by atoms with van der Waals surface area (Å²) in [4.78, 5) is 45.9. The van der Waals surface area contributed by atoms with Crippen LogP contribution in [0, 0.1) is 17.8 Å². The van der Waals surface area contributed by atoms with Crippen LogP contribution in [0.4, 0.5) is 10.5 Å². The quantitative estimate of drug-likeness (QED) is 0.0871. The lowest BCUT2D eigenvalue weighted by Gasteiger charge is -2.46. The van der Waals surface area contributed by atoms with Crippen molar-refractivity contribution in [2.75, 3.05) is 40.0 Å². The van der Waals surface area contributed by atoms with Gasteiger partial charge in [-0.25, -0.2) is 4.79 Å². The van der Waals surface area contributed by atoms with Crippen LogP contribution >= 0.6 is 0 Å². The number of methoxy groups -OCH3 is 1. The molecule has 4 N–H and O–H groups in total. The maximum atomic E-state index is 14.4. The minimum Gasteiger partial charge on any atom is -0.458 e. The number of aromatic nitrogens is 3. The Morgan fingerprint density at radius 3 is 2.28 bits per heavy atom. The van der Waals surface area contributed by atoms with E-state index in [4.69, 9.17) is 29.4 Å². The third kappa shape index (κ3) is 13.2. The Bertz CT molecular complexity index is 1750. The molecule has 0 spiro atoms. The van der Waals surface area contributed by atoms with Crippen molar-refractivity contribution in [1.29, 1.82) is 0 Å². The Morgan fingerprint density at radius 1 is 1.02 bits per heavy atom. The third-order valence-corrected chi connectivity index (χ3v) is 12.8. The fourth-order valence-corrected chi connectivity index (χ4v) is 9.45. The molecule has 16 nitrogen and oxygen atoms in total. The Morgan fingerprint density at radius 2 is 1.67 bits per heavy atom. The molecule has 3 aliphatic rings. The van der Waals surface area contributed by atoms with Gasteiger partial charge in [-0.3, -0.25) is 19.2 Å². The molecule has 0 bridgehead atoms. The second-order valence-corrected chi connectivity index (χ2v) is 17.8. The molecule has 3 saturated heterocycles. The summed E-state index contributed by atoms with van der Waals surface area (Å²) < 4.78 is 33.3. The van der Waals surface area contributed by atoms with Gasteiger partial charge in [0.1, 0.15) is 23.8 Å². The van der Waals surface area contributed by atoms with Crippen molar-refractivity contribution in [3.63, 3.8) is 0 Å². The summed E-state index contributed by atoms with van der Waals surface area (Å²) in [5, 5.41) is 23.7. The summed E-state index contributed by atoms with van der Waals surface area (Å²) in [6.45, 7) is 16.4. The van der Waals surface area contributed by atoms with E-state index in [1.165, 1.54) is 6.92 Å². The monoisotopic (exact) mass is 908 g/mol. The Hall–Kier alpha value is -3.67. The molecule has 3 fully saturated rings. The molecule has 4 unspecified atom stereocenters. The predicted molar refractivity (Wildman–Crippen MR) is 256 cm³/mol. The molecule has 13 atom stereocenters. The lowest BCUT2D eigenvalue weighted by Crippen LogP contribution is -2.61. The minimum absolute atomic E-state index is 0. The molecule has 5 rings (SSSR count). The van der Waals surface area contributed by atoms with Crippen molar-refractivity contribution in [2.24, 2.45) is 17.8 Å². The van der Waals surface area contributed by atoms with Crippen LogP contribution in [0.2, 0.25) is 0 Å². The summed E-state index contributed by atoms with van der Waals surface area (Å²) in [7, 11) is 5.39. The molecular formula is C48H89N7O9. The number of cyclic esters (lactones) is 1. The largest absolute Gasteiger partial charge is 0.458 e. The van der Waals surface area contributed by atoms with Gasteiger partial charge in [-0.05, 0) is 105 Å². The van der Waals surface area contributed by atoms with Gasteiger partial charge >= 0.3 is 12.1 Å². The van der Waals surface area contributed by atoms with Crippen LogP contribution in [0.15, 0.2) is 30.5 Å². The minimum atomic E-state index is -1.23. The normalized spacial score (nSPS) is 33.6. The lowest BCUT2D eigenvalue weighted by molar-refractivity contribution is -0.295. The number of ether oxygens (including phenoxy) is 5. The number of carbonyl (C=O) groups is 3. The molecule has 1 amide bonds. The number of ketones is 1. The van der Waals surface area contributed by atoms with E-state index in [9.17, 15) is 19.5 Å². The number of aryl methyl sites for hydroxylation is 1. The van der Waals surface area contributed by atoms with Gasteiger partial charge in [-0.2, -0.15) is 0 Å². The molecule has 370 valence electrons. The number of fused-ring (bicyclic) bond motifs is 1. The number of nitrogens with one attached hydrogen (secondary N) is 1. The van der Waals surface area contributed by atoms with Gasteiger partial charge in [0.15, 0.2) is 17.7 Å². The Labute approximate surface area is 386 Å². The molecule has 0 aliphatic carbocycles. The summed E-state index contributed by atoms with van der Waals surface area (Å²) in [5.41, 5.74) is 5.95. The van der Waals surface area contributed by atoms with Crippen molar-refractivity contribution in [3.8, 4) is 11.3 Å². The number of Topliss-reactive ketones (excluding diaryl/α,β-unsaturated/α-hetero) is 1. The van der Waals surface area contributed by atoms with Gasteiger partial charge in [0.2, 0.25) is 0 Å². The predicted octanol–water partition coefficient (Wildman–Crippen LogP) is 7.46. The first-order valence-electron chi connectivity index (χ1n) is 21.3. The number of hydrogen-bond acceptors (Lipinski definition) is 14. The second kappa shape index (κ2) is 25.3. The molecule has 16 heteroatoms. The number of esters is 1. The number of nitrogens with zero attached hydrogens (tertiary/aromatic N) is 5. The van der Waals surface area contributed by atoms with E-state index in [2.05, 4.69) is 22.6 Å². The van der Waals surface area contributed by atoms with E-state index in [1.807, 2.05) is 84.1 Å². The molecule has 2 aromatic rings. The smallest absolute Gasteiger partial charge is 0.410 e. The first-order valence-corrected chi connectivity index (χ1v) is 21.3. The van der Waals surface area contributed by atoms with Crippen LogP contribution in [-0.2, 0) is 39.8 Å². The van der Waals surface area contributed by atoms with Crippen LogP contribution < -0.4 is 11.1 Å². The highest BCUT2D eigenvalue weighted by Crippen LogP contribution is 2.40. The molecule has 4 heterocycles. The van der Waals surface area contributed by atoms with Crippen LogP contribution in [-0.4, -0.2) is 142 Å². The van der Waals surface area contributed by atoms with Crippen molar-refractivity contribution < 1.29 is 43.2 Å². The summed E-state index contributed by atoms with van der Waals surface area (Å²) in [6, 6.07) is 6.46. The van der Waals surface area contributed by atoms with Crippen molar-refractivity contribution in [3.05, 3.63) is 30.5 Å². The number of anilines is 1. The molecule has 0 radical (unpaired) electrons. The van der Waals surface area contributed by atoms with E-state index in [1.54, 1.807) is 23.6 Å². The first kappa shape index (κ1) is 60.3. The maximum absolute atomic E-state index is 14.4. The second-order valence-electron chi connectivity index (χ2n) is 17.8. The first-order chi connectivity index (χ1) is 27.8. The van der Waals surface area contributed by atoms with Crippen LogP contribution in [0.25, 0.3) is 11.3 Å². The highest BCUT2D eigenvalue weighted by Gasteiger charge is 2.58. The maximum Gasteiger partial charge on any atom is 0.410 e. The lowest BCUT2D eigenvalue weighted by atomic mass is 9.78. The number of rotatable bonds is 11. The van der Waals surface area contributed by atoms with Gasteiger partial charge in [0, 0.05) is 49.5 Å². The number of nitrogens with two attached hydrogens (primary N) is 1. The van der Waals surface area contributed by atoms with Crippen LogP contribution in [0.1, 0.15) is 125 Å². The number of nitrogen functional groups attached to an aromatic ring is 1. The highest BCUT2D eigenvalue weighted by atomic mass is 16.7. The van der Waals surface area contributed by atoms with E-state index >= 15 is 0 Å². The standard InChI is InChI=1S/C43H69N7O9.5CH4/c1-12-34-43(8)37(50(41(54)59-43)19-14-13-18-49-24-32(46-47-49)30-16-15-17-31(44)21-30)29(6)45-23-25(2)22-42(7,55-11)38(27(4)35(51)28(5)39(53)57-34)58-40-36(52)33(48(9)10)20-26(3)56-40;;;;;/h15-17,21,24-29,33-34,36-38,40,45,52H,12-14,18-20,22-23,44H2,1-11H3;5*1H4/t25-,26?,27+,28?,29-,33?,34-,36?,37-,38-,40+,42-,43-;;;;;/m1...../s1. The van der Waals surface area contributed by atoms with E-state index in [-0.39, 0.29) is 61.2 Å². The topological polar surface area (TPSA) is 193 Å². The average Bonchev–Trinajstić information content (AvgIpc) is 3.77. The van der Waals surface area contributed by atoms with Gasteiger partial charge in [0.05, 0.1) is 30.0 Å². The molecule has 0 saturated carbocycles. The van der Waals surface area contributed by atoms with Gasteiger partial charge < -0.3 is 44.7 Å². The number of likely N-dealkylation sites (N-methyl/N-ethyl adjacent to an activating group) is 1. The van der Waals surface area contributed by atoms with E-state index in [0.717, 1.165) is 11.3 Å². The number of aliphatic hydroxyl groups excluding tert-OH is 1. The number of benzene rings is 1. The molecule has 64 heavy (non-hydrogen) atoms. The number of amides is 1. The van der Waals surface area contributed by atoms with Gasteiger partial charge in [-0.1, -0.05) is 75.3 Å². The van der Waals surface area contributed by atoms with Crippen LogP contribution in [0.3, 0.4) is 0 Å². The number of hydrogen-bond donors (Lipinski definition) is 3. The molecular weight excluding hydrogens is 819 g/mol. The number of unbranched alkanes of at least 4 members (excludes halogenated alkanes) is 1. The zero-order valence-corrected chi connectivity index (χ0v) is 36.9. The number of aliphatic hydroxyl groups is 1. The Balaban J connectivity index is 0.00000794. The van der Waals surface area contributed by atoms with E-state index in [0.29, 0.717) is 57.4 Å². The van der Waals surface area contributed by atoms with Crippen molar-refractivity contribution >= 4 is 23.5 Å². The van der Waals surface area contributed by atoms with Gasteiger partial charge in [-0.15, -0.1) is 5.10 Å². The van der Waals surface area contributed by atoms with Crippen molar-refractivity contribution in [1.82, 2.24) is 30.1 Å². The Kier molecular flexibility index (Phi) is 23.8. The number of carbonyl (C=O) groups excluding carboxylic acids is 3. The van der Waals surface area contributed by atoms with Crippen LogP contribution in [0.5, 0.6) is 0 Å². The van der Waals surface area contributed by atoms with E-state index < -0.39 is 71.5 Å². The fourth-order valence-electron chi connectivity index (χ4n) is 9.45. The fraction of sp³-hybridized carbons (Fsp3) is 0.771. The molecule has 1 aromatic carbocycles. The van der Waals surface area contributed by atoms with Crippen molar-refractivity contribution in [2.45, 2.75) is 191 Å². The van der Waals surface area contributed by atoms with Gasteiger partial charge in [0.25, 0.3) is 0 Å². The highest BCUT2D eigenvalue weighted by molar-refractivity contribution is 6.00. The summed E-state index contributed by atoms with van der Waals surface area (Å²) >= 11 is 0. The SMILES string of the molecule is C.C.C.C.C.CC[C@H]1OC(=O)C(C)C(=O)[C@H](C)[C@@H](O[C@@H]2OC(C)CC(N(C)C)C2O)[C@](C)(OC)C[C@@H](C)CN[C@H](C)[C@H]2N(CCCCn3cc(-c4cccc(N)c4)nn3)C(=O)O[C@]12C. The zero-order chi connectivity index (χ0) is 43.4. The average molecular weight is 908 g/mol. The molecule has 3 aliphatic heterocycles. The summed E-state index contributed by atoms with van der Waals surface area (Å²) in [5.74, 6) is -3.16. The zero-order valence-electron chi connectivity index (χ0n) is 36.9. The summed E-state index contributed by atoms with van der Waals surface area (Å²) in [6.07, 6.45) is 0.194. The third-order valence-electron chi connectivity index (χ3n) is 12.8. The molecule has 1 aromatic heterocycles.